The van der Waals surface area contributed by atoms with Gasteiger partial charge in [-0.05, 0) is 19.9 Å². The van der Waals surface area contributed by atoms with Crippen molar-refractivity contribution < 1.29 is 4.79 Å². The number of nitrogens with one attached hydrogen (secondary N) is 3. The van der Waals surface area contributed by atoms with Crippen LogP contribution in [0.25, 0.3) is 16.9 Å². The van der Waals surface area contributed by atoms with E-state index >= 15 is 0 Å². The second kappa shape index (κ2) is 8.62. The molecule has 4 rings (SSSR count). The lowest BCUT2D eigenvalue weighted by Crippen LogP contribution is -2.27. The van der Waals surface area contributed by atoms with Gasteiger partial charge in [0.15, 0.2) is 11.5 Å². The fourth-order valence-electron chi connectivity index (χ4n) is 3.15. The molecule has 0 radical (unpaired) electrons. The number of aromatic amines is 1. The van der Waals surface area contributed by atoms with E-state index < -0.39 is 0 Å². The van der Waals surface area contributed by atoms with Gasteiger partial charge in [-0.2, -0.15) is 15.0 Å². The smallest absolute Gasteiger partial charge is 0.254 e. The molecule has 0 aromatic carbocycles. The summed E-state index contributed by atoms with van der Waals surface area (Å²) < 4.78 is 1.58. The van der Waals surface area contributed by atoms with Gasteiger partial charge in [-0.1, -0.05) is 0 Å². The van der Waals surface area contributed by atoms with Gasteiger partial charge in [0.2, 0.25) is 0 Å². The molecule has 0 atom stereocenters. The maximum Gasteiger partial charge on any atom is 0.254 e. The first-order valence-electron chi connectivity index (χ1n) is 9.82. The van der Waals surface area contributed by atoms with Gasteiger partial charge in [0.05, 0.1) is 35.0 Å². The Balaban J connectivity index is 1.61. The van der Waals surface area contributed by atoms with E-state index in [2.05, 4.69) is 41.7 Å². The van der Waals surface area contributed by atoms with Crippen molar-refractivity contribution in [3.63, 3.8) is 0 Å². The van der Waals surface area contributed by atoms with Crippen molar-refractivity contribution in [3.8, 4) is 11.9 Å². The number of carbonyl (C=O) groups excluding carboxylic acids is 1. The molecule has 0 aliphatic heterocycles. The van der Waals surface area contributed by atoms with E-state index in [9.17, 15) is 4.79 Å². The van der Waals surface area contributed by atoms with Crippen molar-refractivity contribution >= 4 is 22.6 Å². The van der Waals surface area contributed by atoms with Gasteiger partial charge in [0, 0.05) is 49.1 Å². The molecule has 0 spiro atoms. The normalized spacial score (nSPS) is 10.9. The molecule has 0 bridgehead atoms. The fraction of sp³-hybridized carbons (Fsp3) is 0.238. The van der Waals surface area contributed by atoms with Crippen LogP contribution in [0, 0.1) is 11.3 Å². The molecule has 4 heterocycles. The van der Waals surface area contributed by atoms with Crippen LogP contribution in [0.5, 0.6) is 0 Å². The zero-order chi connectivity index (χ0) is 21.8. The monoisotopic (exact) mass is 415 g/mol. The lowest BCUT2D eigenvalue weighted by molar-refractivity contribution is 0.0954. The fourth-order valence-corrected chi connectivity index (χ4v) is 3.15. The van der Waals surface area contributed by atoms with Crippen molar-refractivity contribution in [2.24, 2.45) is 0 Å². The lowest BCUT2D eigenvalue weighted by Gasteiger charge is -2.16. The minimum absolute atomic E-state index is 0.108. The van der Waals surface area contributed by atoms with Gasteiger partial charge >= 0.3 is 0 Å². The minimum atomic E-state index is -0.222. The number of nitriles is 1. The average molecular weight is 415 g/mol. The summed E-state index contributed by atoms with van der Waals surface area (Å²) >= 11 is 0. The molecular formula is C21H21N9O. The summed E-state index contributed by atoms with van der Waals surface area (Å²) in [4.78, 5) is 28.6. The van der Waals surface area contributed by atoms with E-state index in [4.69, 9.17) is 5.26 Å². The summed E-state index contributed by atoms with van der Waals surface area (Å²) in [6, 6.07) is 5.67. The van der Waals surface area contributed by atoms with Crippen LogP contribution in [0.4, 0.5) is 5.69 Å². The third kappa shape index (κ3) is 4.35. The van der Waals surface area contributed by atoms with Gasteiger partial charge in [-0.3, -0.25) is 4.79 Å². The number of H-pyrrole nitrogens is 1. The third-order valence-corrected chi connectivity index (χ3v) is 4.55. The highest BCUT2D eigenvalue weighted by Gasteiger charge is 2.16. The average Bonchev–Trinajstić information content (AvgIpc) is 3.42. The van der Waals surface area contributed by atoms with Gasteiger partial charge < -0.3 is 15.6 Å². The molecule has 0 saturated carbocycles. The molecule has 0 saturated heterocycles. The first-order chi connectivity index (χ1) is 15.0. The van der Waals surface area contributed by atoms with Crippen LogP contribution in [0.3, 0.4) is 0 Å². The predicted molar refractivity (Wildman–Crippen MR) is 115 cm³/mol. The Hall–Kier alpha value is -4.26. The number of amides is 1. The van der Waals surface area contributed by atoms with Crippen LogP contribution in [-0.2, 0) is 6.42 Å². The zero-order valence-corrected chi connectivity index (χ0v) is 17.1. The van der Waals surface area contributed by atoms with Crippen LogP contribution in [0.15, 0.2) is 43.2 Å². The molecule has 1 amide bonds. The first-order valence-corrected chi connectivity index (χ1v) is 9.82. The second-order valence-corrected chi connectivity index (χ2v) is 7.26. The highest BCUT2D eigenvalue weighted by molar-refractivity contribution is 5.99. The number of hydrogen-bond acceptors (Lipinski definition) is 7. The number of pyridine rings is 2. The SMILES string of the molecule is CC(C)Nc1cc(-n2ncc3cc(C#N)cnc32)ncc1C(=O)NCCc1c[nH]cn1. The summed E-state index contributed by atoms with van der Waals surface area (Å²) in [6.45, 7) is 4.45. The molecule has 3 N–H and O–H groups in total. The van der Waals surface area contributed by atoms with E-state index in [-0.39, 0.29) is 11.9 Å². The van der Waals surface area contributed by atoms with Crippen LogP contribution in [0.1, 0.15) is 35.5 Å². The summed E-state index contributed by atoms with van der Waals surface area (Å²) in [6.07, 6.45) is 8.70. The van der Waals surface area contributed by atoms with Crippen LogP contribution < -0.4 is 10.6 Å². The molecule has 10 heteroatoms. The number of anilines is 1. The summed E-state index contributed by atoms with van der Waals surface area (Å²) in [5.41, 5.74) is 3.01. The number of aromatic nitrogens is 6. The minimum Gasteiger partial charge on any atom is -0.382 e. The van der Waals surface area contributed by atoms with E-state index in [0.717, 1.165) is 11.1 Å². The number of imidazole rings is 1. The standard InChI is InChI=1S/C21H21N9O/c1-13(2)29-18-6-19(30-20-15(9-28-30)5-14(7-22)8-26-20)25-11-17(18)21(31)24-4-3-16-10-23-12-27-16/h5-6,8-13H,3-4H2,1-2H3,(H,23,27)(H,24,31)(H,25,29). The number of hydrogen-bond donors (Lipinski definition) is 3. The highest BCUT2D eigenvalue weighted by atomic mass is 16.1. The number of nitrogens with zero attached hydrogens (tertiary/aromatic N) is 6. The maximum absolute atomic E-state index is 12.8. The molecule has 0 unspecified atom stereocenters. The topological polar surface area (TPSA) is 137 Å². The Morgan fingerprint density at radius 2 is 2.10 bits per heavy atom. The quantitative estimate of drug-likeness (QED) is 0.421. The summed E-state index contributed by atoms with van der Waals surface area (Å²) in [7, 11) is 0. The molecule has 4 aromatic heterocycles. The Morgan fingerprint density at radius 3 is 2.84 bits per heavy atom. The number of rotatable bonds is 7. The summed E-state index contributed by atoms with van der Waals surface area (Å²) in [5.74, 6) is 0.295. The van der Waals surface area contributed by atoms with E-state index in [1.165, 1.54) is 12.4 Å². The Bertz CT molecular complexity index is 1250. The zero-order valence-electron chi connectivity index (χ0n) is 17.1. The third-order valence-electron chi connectivity index (χ3n) is 4.55. The van der Waals surface area contributed by atoms with Gasteiger partial charge in [0.25, 0.3) is 5.91 Å². The largest absolute Gasteiger partial charge is 0.382 e. The molecule has 0 fully saturated rings. The molecule has 4 aromatic rings. The Labute approximate surface area is 178 Å². The Morgan fingerprint density at radius 1 is 1.23 bits per heavy atom. The highest BCUT2D eigenvalue weighted by Crippen LogP contribution is 2.22. The number of carbonyl (C=O) groups is 1. The molecule has 0 aliphatic rings. The van der Waals surface area contributed by atoms with E-state index in [1.807, 2.05) is 13.8 Å². The first kappa shape index (κ1) is 20.0. The van der Waals surface area contributed by atoms with E-state index in [1.54, 1.807) is 35.5 Å². The van der Waals surface area contributed by atoms with Gasteiger partial charge in [-0.15, -0.1) is 0 Å². The Kier molecular flexibility index (Phi) is 5.57. The van der Waals surface area contributed by atoms with Gasteiger partial charge in [-0.25, -0.2) is 15.0 Å². The molecular weight excluding hydrogens is 394 g/mol. The maximum atomic E-state index is 12.8. The van der Waals surface area contributed by atoms with Crippen LogP contribution in [-0.4, -0.2) is 48.2 Å². The molecule has 0 aliphatic carbocycles. The number of fused-ring (bicyclic) bond motifs is 1. The van der Waals surface area contributed by atoms with Crippen molar-refractivity contribution in [1.29, 1.82) is 5.26 Å². The van der Waals surface area contributed by atoms with Crippen molar-refractivity contribution in [2.45, 2.75) is 26.3 Å². The second-order valence-electron chi connectivity index (χ2n) is 7.26. The van der Waals surface area contributed by atoms with Crippen molar-refractivity contribution in [2.75, 3.05) is 11.9 Å². The van der Waals surface area contributed by atoms with Crippen molar-refractivity contribution in [3.05, 3.63) is 60.1 Å². The van der Waals surface area contributed by atoms with Crippen LogP contribution in [0.2, 0.25) is 0 Å². The predicted octanol–water partition coefficient (Wildman–Crippen LogP) is 2.20. The van der Waals surface area contributed by atoms with Crippen molar-refractivity contribution in [1.82, 2.24) is 35.0 Å². The summed E-state index contributed by atoms with van der Waals surface area (Å²) in [5, 5.41) is 20.4. The van der Waals surface area contributed by atoms with E-state index in [0.29, 0.717) is 41.2 Å². The molecule has 10 nitrogen and oxygen atoms in total. The molecule has 31 heavy (non-hydrogen) atoms. The lowest BCUT2D eigenvalue weighted by atomic mass is 10.2. The molecule has 156 valence electrons. The van der Waals surface area contributed by atoms with Gasteiger partial charge in [0.1, 0.15) is 6.07 Å². The van der Waals surface area contributed by atoms with Crippen LogP contribution >= 0.6 is 0 Å².